The lowest BCUT2D eigenvalue weighted by Gasteiger charge is -2.09. The van der Waals surface area contributed by atoms with Crippen molar-refractivity contribution >= 4 is 23.2 Å². The van der Waals surface area contributed by atoms with E-state index in [9.17, 15) is 9.59 Å². The van der Waals surface area contributed by atoms with E-state index in [1.165, 1.54) is 0 Å². The Labute approximate surface area is 147 Å². The average molecular weight is 354 g/mol. The van der Waals surface area contributed by atoms with Crippen LogP contribution < -0.4 is 11.0 Å². The summed E-state index contributed by atoms with van der Waals surface area (Å²) in [7, 11) is 0. The van der Waals surface area contributed by atoms with Gasteiger partial charge in [0.1, 0.15) is 9.75 Å². The molecule has 3 rings (SSSR count). The van der Waals surface area contributed by atoms with Crippen LogP contribution in [0.3, 0.4) is 0 Å². The Morgan fingerprint density at radius 1 is 0.680 bits per heavy atom. The number of thiophene rings is 1. The number of nitrogens with one attached hydrogen (secondary N) is 2. The molecule has 0 aliphatic rings. The zero-order valence-electron chi connectivity index (χ0n) is 12.9. The molecule has 2 aromatic carbocycles. The Morgan fingerprint density at radius 2 is 1.04 bits per heavy atom. The molecular formula is C18H14N2O4S. The highest BCUT2D eigenvalue weighted by molar-refractivity contribution is 7.17. The summed E-state index contributed by atoms with van der Waals surface area (Å²) in [6.45, 7) is 0. The van der Waals surface area contributed by atoms with Gasteiger partial charge in [-0.05, 0) is 11.1 Å². The van der Waals surface area contributed by atoms with Crippen molar-refractivity contribution in [2.45, 2.75) is 0 Å². The van der Waals surface area contributed by atoms with E-state index >= 15 is 0 Å². The predicted molar refractivity (Wildman–Crippen MR) is 93.7 cm³/mol. The van der Waals surface area contributed by atoms with E-state index in [1.54, 1.807) is 11.0 Å². The van der Waals surface area contributed by atoms with E-state index in [1.807, 2.05) is 60.7 Å². The summed E-state index contributed by atoms with van der Waals surface area (Å²) in [6, 6.07) is 18.2. The highest BCUT2D eigenvalue weighted by Crippen LogP contribution is 2.43. The molecule has 0 unspecified atom stereocenters. The molecular weight excluding hydrogens is 340 g/mol. The fourth-order valence-electron chi connectivity index (χ4n) is 2.61. The van der Waals surface area contributed by atoms with Crippen molar-refractivity contribution < 1.29 is 20.0 Å². The van der Waals surface area contributed by atoms with Crippen molar-refractivity contribution in [3.05, 3.63) is 70.4 Å². The first-order valence-corrected chi connectivity index (χ1v) is 8.15. The van der Waals surface area contributed by atoms with Crippen molar-refractivity contribution in [2.24, 2.45) is 0 Å². The summed E-state index contributed by atoms with van der Waals surface area (Å²) in [5.74, 6) is -1.45. The smallest absolute Gasteiger partial charge is 0.285 e. The van der Waals surface area contributed by atoms with Gasteiger partial charge in [-0.2, -0.15) is 0 Å². The second-order valence-electron chi connectivity index (χ2n) is 5.12. The summed E-state index contributed by atoms with van der Waals surface area (Å²) in [6.07, 6.45) is 0. The standard InChI is InChI=1S/C18H14N2O4S/c21-17(19-23)15-13(11-7-3-1-4-8-11)14(12-9-5-2-6-10-12)16(25-15)18(22)20-24/h1-10,23-24H,(H,19,21)(H,20,22). The van der Waals surface area contributed by atoms with E-state index in [4.69, 9.17) is 10.4 Å². The topological polar surface area (TPSA) is 98.7 Å². The Bertz CT molecular complexity index is 834. The van der Waals surface area contributed by atoms with Crippen LogP contribution in [0.2, 0.25) is 0 Å². The molecule has 0 radical (unpaired) electrons. The van der Waals surface area contributed by atoms with Crippen molar-refractivity contribution in [2.75, 3.05) is 0 Å². The molecule has 25 heavy (non-hydrogen) atoms. The van der Waals surface area contributed by atoms with E-state index < -0.39 is 11.8 Å². The molecule has 1 heterocycles. The minimum absolute atomic E-state index is 0.172. The van der Waals surface area contributed by atoms with Crippen LogP contribution in [0.25, 0.3) is 22.3 Å². The van der Waals surface area contributed by atoms with E-state index in [0.29, 0.717) is 22.3 Å². The minimum atomic E-state index is -0.724. The molecule has 0 spiro atoms. The molecule has 2 amide bonds. The lowest BCUT2D eigenvalue weighted by Crippen LogP contribution is -2.18. The molecule has 0 atom stereocenters. The van der Waals surface area contributed by atoms with Crippen LogP contribution in [0.5, 0.6) is 0 Å². The largest absolute Gasteiger partial charge is 0.288 e. The summed E-state index contributed by atoms with van der Waals surface area (Å²) < 4.78 is 0. The van der Waals surface area contributed by atoms with E-state index in [0.717, 1.165) is 11.3 Å². The second-order valence-corrected chi connectivity index (χ2v) is 6.14. The highest BCUT2D eigenvalue weighted by Gasteiger charge is 2.27. The van der Waals surface area contributed by atoms with Gasteiger partial charge in [-0.25, -0.2) is 11.0 Å². The van der Waals surface area contributed by atoms with Gasteiger partial charge in [-0.15, -0.1) is 11.3 Å². The molecule has 4 N–H and O–H groups in total. The number of benzene rings is 2. The Kier molecular flexibility index (Phi) is 4.90. The SMILES string of the molecule is O=C(NO)c1sc(C(=O)NO)c(-c2ccccc2)c1-c1ccccc1. The van der Waals surface area contributed by atoms with Crippen LogP contribution in [0.15, 0.2) is 60.7 Å². The molecule has 1 aromatic heterocycles. The third-order valence-corrected chi connectivity index (χ3v) is 4.84. The highest BCUT2D eigenvalue weighted by atomic mass is 32.1. The number of hydrogen-bond donors (Lipinski definition) is 4. The van der Waals surface area contributed by atoms with Crippen LogP contribution in [-0.4, -0.2) is 22.2 Å². The zero-order chi connectivity index (χ0) is 17.8. The maximum Gasteiger partial charge on any atom is 0.285 e. The molecule has 0 aliphatic carbocycles. The predicted octanol–water partition coefficient (Wildman–Crippen LogP) is 3.32. The quantitative estimate of drug-likeness (QED) is 0.427. The maximum absolute atomic E-state index is 12.2. The summed E-state index contributed by atoms with van der Waals surface area (Å²) >= 11 is 0.897. The average Bonchev–Trinajstić information content (AvgIpc) is 3.08. The lowest BCUT2D eigenvalue weighted by atomic mass is 9.94. The number of carbonyl (C=O) groups is 2. The summed E-state index contributed by atoms with van der Waals surface area (Å²) in [4.78, 5) is 24.7. The van der Waals surface area contributed by atoms with Gasteiger partial charge in [0.15, 0.2) is 0 Å². The summed E-state index contributed by atoms with van der Waals surface area (Å²) in [5, 5.41) is 18.2. The van der Waals surface area contributed by atoms with E-state index in [2.05, 4.69) is 0 Å². The van der Waals surface area contributed by atoms with Gasteiger partial charge in [0.25, 0.3) is 11.8 Å². The van der Waals surface area contributed by atoms with Crippen LogP contribution in [0.1, 0.15) is 19.3 Å². The zero-order valence-corrected chi connectivity index (χ0v) is 13.7. The van der Waals surface area contributed by atoms with Crippen LogP contribution >= 0.6 is 11.3 Å². The number of amides is 2. The first-order valence-electron chi connectivity index (χ1n) is 7.34. The Hall–Kier alpha value is -3.00. The van der Waals surface area contributed by atoms with Gasteiger partial charge in [-0.1, -0.05) is 60.7 Å². The molecule has 0 bridgehead atoms. The molecule has 7 heteroatoms. The summed E-state index contributed by atoms with van der Waals surface area (Å²) in [5.41, 5.74) is 5.70. The molecule has 6 nitrogen and oxygen atoms in total. The van der Waals surface area contributed by atoms with Gasteiger partial charge < -0.3 is 0 Å². The van der Waals surface area contributed by atoms with Gasteiger partial charge in [0.05, 0.1) is 0 Å². The normalized spacial score (nSPS) is 10.3. The maximum atomic E-state index is 12.2. The fourth-order valence-corrected chi connectivity index (χ4v) is 3.74. The lowest BCUT2D eigenvalue weighted by molar-refractivity contribution is 0.0709. The van der Waals surface area contributed by atoms with Gasteiger partial charge in [0, 0.05) is 11.1 Å². The number of hydroxylamine groups is 2. The van der Waals surface area contributed by atoms with Crippen molar-refractivity contribution in [3.8, 4) is 22.3 Å². The van der Waals surface area contributed by atoms with Crippen LogP contribution in [0.4, 0.5) is 0 Å². The first-order chi connectivity index (χ1) is 12.2. The first kappa shape index (κ1) is 16.8. The minimum Gasteiger partial charge on any atom is -0.288 e. The molecule has 0 saturated carbocycles. The monoisotopic (exact) mass is 354 g/mol. The molecule has 0 fully saturated rings. The Morgan fingerprint density at radius 3 is 1.36 bits per heavy atom. The fraction of sp³-hybridized carbons (Fsp3) is 0. The molecule has 126 valence electrons. The third-order valence-electron chi connectivity index (χ3n) is 3.65. The van der Waals surface area contributed by atoms with Crippen molar-refractivity contribution in [1.29, 1.82) is 0 Å². The Balaban J connectivity index is 2.38. The van der Waals surface area contributed by atoms with Crippen LogP contribution in [-0.2, 0) is 0 Å². The molecule has 0 saturated heterocycles. The van der Waals surface area contributed by atoms with Crippen molar-refractivity contribution in [3.63, 3.8) is 0 Å². The van der Waals surface area contributed by atoms with Gasteiger partial charge in [-0.3, -0.25) is 20.0 Å². The van der Waals surface area contributed by atoms with Crippen molar-refractivity contribution in [1.82, 2.24) is 11.0 Å². The number of hydrogen-bond acceptors (Lipinski definition) is 5. The van der Waals surface area contributed by atoms with Gasteiger partial charge in [0.2, 0.25) is 0 Å². The van der Waals surface area contributed by atoms with Gasteiger partial charge >= 0.3 is 0 Å². The third kappa shape index (κ3) is 3.16. The number of rotatable bonds is 4. The molecule has 3 aromatic rings. The number of carbonyl (C=O) groups excluding carboxylic acids is 2. The molecule has 0 aliphatic heterocycles. The van der Waals surface area contributed by atoms with Crippen LogP contribution in [0, 0.1) is 0 Å². The second kappa shape index (κ2) is 7.27. The van der Waals surface area contributed by atoms with E-state index in [-0.39, 0.29) is 9.75 Å².